The number of hydrogen-bond donors (Lipinski definition) is 2. The second-order valence-electron chi connectivity index (χ2n) is 8.58. The Labute approximate surface area is 200 Å². The molecule has 184 valence electrons. The van der Waals surface area contributed by atoms with Crippen LogP contribution in [0.5, 0.6) is 0 Å². The van der Waals surface area contributed by atoms with Crippen LogP contribution in [0, 0.1) is 18.6 Å². The maximum absolute atomic E-state index is 15.0. The smallest absolute Gasteiger partial charge is 0.407 e. The van der Waals surface area contributed by atoms with Crippen LogP contribution in [0.15, 0.2) is 30.3 Å². The minimum Gasteiger partial charge on any atom is -0.465 e. The summed E-state index contributed by atoms with van der Waals surface area (Å²) in [5, 5.41) is 12.7. The lowest BCUT2D eigenvalue weighted by Crippen LogP contribution is -2.48. The van der Waals surface area contributed by atoms with Crippen LogP contribution in [0.4, 0.5) is 36.7 Å². The number of piperazine rings is 1. The Morgan fingerprint density at radius 2 is 1.77 bits per heavy atom. The molecule has 1 aromatic carbocycles. The predicted molar refractivity (Wildman–Crippen MR) is 129 cm³/mol. The highest BCUT2D eigenvalue weighted by Gasteiger charge is 2.25. The standard InChI is InChI=1S/C24H26F2N6O3/c1-15-22(29-19-3-2-4-20(28-19)30-9-11-35-12-10-30)21-17(26)13-16(25)14-18(21)27-23(15)31-5-7-32(8-6-31)24(33)34/h2-4,13-14H,5-12H2,1H3,(H,33,34)(H,27,28,29). The molecule has 2 fully saturated rings. The summed E-state index contributed by atoms with van der Waals surface area (Å²) in [6.07, 6.45) is -0.967. The van der Waals surface area contributed by atoms with Gasteiger partial charge in [-0.25, -0.2) is 23.5 Å². The van der Waals surface area contributed by atoms with Crippen LogP contribution in [-0.2, 0) is 4.74 Å². The van der Waals surface area contributed by atoms with Gasteiger partial charge < -0.3 is 29.9 Å². The van der Waals surface area contributed by atoms with Crippen molar-refractivity contribution >= 4 is 40.1 Å². The molecule has 11 heteroatoms. The summed E-state index contributed by atoms with van der Waals surface area (Å²) < 4.78 is 34.6. The maximum Gasteiger partial charge on any atom is 0.407 e. The van der Waals surface area contributed by atoms with Crippen molar-refractivity contribution < 1.29 is 23.4 Å². The van der Waals surface area contributed by atoms with E-state index in [9.17, 15) is 14.3 Å². The summed E-state index contributed by atoms with van der Waals surface area (Å²) in [6.45, 7) is 6.02. The first kappa shape index (κ1) is 23.0. The van der Waals surface area contributed by atoms with Crippen LogP contribution >= 0.6 is 0 Å². The van der Waals surface area contributed by atoms with E-state index in [1.165, 1.54) is 11.0 Å². The Morgan fingerprint density at radius 1 is 1.03 bits per heavy atom. The van der Waals surface area contributed by atoms with E-state index in [1.54, 1.807) is 6.07 Å². The third kappa shape index (κ3) is 4.63. The molecule has 0 radical (unpaired) electrons. The van der Waals surface area contributed by atoms with Crippen molar-refractivity contribution in [2.45, 2.75) is 6.92 Å². The van der Waals surface area contributed by atoms with Crippen LogP contribution in [0.1, 0.15) is 5.56 Å². The minimum atomic E-state index is -0.967. The van der Waals surface area contributed by atoms with Crippen molar-refractivity contribution in [3.05, 3.63) is 47.5 Å². The van der Waals surface area contributed by atoms with Gasteiger partial charge in [-0.15, -0.1) is 0 Å². The molecule has 9 nitrogen and oxygen atoms in total. The van der Waals surface area contributed by atoms with E-state index < -0.39 is 17.7 Å². The Morgan fingerprint density at radius 3 is 2.49 bits per heavy atom. The fourth-order valence-electron chi connectivity index (χ4n) is 4.56. The Kier molecular flexibility index (Phi) is 6.25. The van der Waals surface area contributed by atoms with E-state index >= 15 is 4.39 Å². The first-order valence-corrected chi connectivity index (χ1v) is 11.5. The summed E-state index contributed by atoms with van der Waals surface area (Å²) >= 11 is 0. The molecule has 0 bridgehead atoms. The fourth-order valence-corrected chi connectivity index (χ4v) is 4.56. The SMILES string of the molecule is Cc1c(N2CCN(C(=O)O)CC2)nc2cc(F)cc(F)c2c1Nc1cccc(N2CCOCC2)n1. The first-order chi connectivity index (χ1) is 16.9. The zero-order valence-electron chi connectivity index (χ0n) is 19.3. The molecule has 0 atom stereocenters. The normalized spacial score (nSPS) is 16.6. The van der Waals surface area contributed by atoms with Gasteiger partial charge in [0.25, 0.3) is 0 Å². The van der Waals surface area contributed by atoms with Crippen LogP contribution in [0.25, 0.3) is 10.9 Å². The summed E-state index contributed by atoms with van der Waals surface area (Å²) in [5.41, 5.74) is 1.30. The number of halogens is 2. The summed E-state index contributed by atoms with van der Waals surface area (Å²) in [7, 11) is 0. The van der Waals surface area contributed by atoms with Gasteiger partial charge in [0.15, 0.2) is 0 Å². The molecule has 2 aliphatic heterocycles. The zero-order chi connectivity index (χ0) is 24.5. The summed E-state index contributed by atoms with van der Waals surface area (Å²) in [5.74, 6) is 0.427. The van der Waals surface area contributed by atoms with Crippen molar-refractivity contribution in [1.29, 1.82) is 0 Å². The number of ether oxygens (including phenoxy) is 1. The van der Waals surface area contributed by atoms with Crippen LogP contribution in [-0.4, -0.2) is 78.5 Å². The average Bonchev–Trinajstić information content (AvgIpc) is 2.86. The van der Waals surface area contributed by atoms with E-state index in [4.69, 9.17) is 9.72 Å². The Hall–Kier alpha value is -3.73. The fraction of sp³-hybridized carbons (Fsp3) is 0.375. The van der Waals surface area contributed by atoms with Crippen molar-refractivity contribution in [1.82, 2.24) is 14.9 Å². The molecular weight excluding hydrogens is 458 g/mol. The quantitative estimate of drug-likeness (QED) is 0.580. The molecule has 1 amide bonds. The number of nitrogens with one attached hydrogen (secondary N) is 1. The molecule has 0 spiro atoms. The number of morpholine rings is 1. The van der Waals surface area contributed by atoms with Gasteiger partial charge in [0.05, 0.1) is 29.8 Å². The highest BCUT2D eigenvalue weighted by molar-refractivity contribution is 5.97. The van der Waals surface area contributed by atoms with Crippen molar-refractivity contribution in [3.8, 4) is 0 Å². The maximum atomic E-state index is 15.0. The van der Waals surface area contributed by atoms with Gasteiger partial charge in [-0.3, -0.25) is 0 Å². The predicted octanol–water partition coefficient (Wildman–Crippen LogP) is 3.60. The number of nitrogens with zero attached hydrogens (tertiary/aromatic N) is 5. The number of amides is 1. The third-order valence-electron chi connectivity index (χ3n) is 6.39. The number of anilines is 4. The molecule has 35 heavy (non-hydrogen) atoms. The first-order valence-electron chi connectivity index (χ1n) is 11.5. The number of benzene rings is 1. The molecule has 4 heterocycles. The lowest BCUT2D eigenvalue weighted by Gasteiger charge is -2.35. The monoisotopic (exact) mass is 484 g/mol. The number of carboxylic acid groups (broad SMARTS) is 1. The van der Waals surface area contributed by atoms with Crippen LogP contribution in [0.3, 0.4) is 0 Å². The number of carbonyl (C=O) groups is 1. The van der Waals surface area contributed by atoms with Gasteiger partial charge in [-0.2, -0.15) is 0 Å². The van der Waals surface area contributed by atoms with Gasteiger partial charge in [-0.05, 0) is 19.1 Å². The van der Waals surface area contributed by atoms with E-state index in [0.717, 1.165) is 25.0 Å². The molecule has 0 aliphatic carbocycles. The minimum absolute atomic E-state index is 0.176. The lowest BCUT2D eigenvalue weighted by atomic mass is 10.1. The average molecular weight is 485 g/mol. The second-order valence-corrected chi connectivity index (χ2v) is 8.58. The lowest BCUT2D eigenvalue weighted by molar-refractivity contribution is 0.122. The Balaban J connectivity index is 1.54. The largest absolute Gasteiger partial charge is 0.465 e. The molecule has 0 saturated carbocycles. The van der Waals surface area contributed by atoms with E-state index in [1.807, 2.05) is 24.0 Å². The van der Waals surface area contributed by atoms with Crippen molar-refractivity contribution in [2.24, 2.45) is 0 Å². The van der Waals surface area contributed by atoms with Gasteiger partial charge >= 0.3 is 6.09 Å². The number of aromatic nitrogens is 2. The number of pyridine rings is 2. The van der Waals surface area contributed by atoms with Gasteiger partial charge in [0, 0.05) is 57.0 Å². The van der Waals surface area contributed by atoms with Crippen LogP contribution in [0.2, 0.25) is 0 Å². The van der Waals surface area contributed by atoms with Crippen LogP contribution < -0.4 is 15.1 Å². The van der Waals surface area contributed by atoms with E-state index in [-0.39, 0.29) is 10.9 Å². The van der Waals surface area contributed by atoms with Crippen molar-refractivity contribution in [3.63, 3.8) is 0 Å². The summed E-state index contributed by atoms with van der Waals surface area (Å²) in [6, 6.07) is 7.63. The highest BCUT2D eigenvalue weighted by Crippen LogP contribution is 2.37. The number of hydrogen-bond acceptors (Lipinski definition) is 7. The van der Waals surface area contributed by atoms with Gasteiger partial charge in [-0.1, -0.05) is 6.07 Å². The molecule has 2 aromatic heterocycles. The van der Waals surface area contributed by atoms with E-state index in [2.05, 4.69) is 15.2 Å². The molecular formula is C24H26F2N6O3. The summed E-state index contributed by atoms with van der Waals surface area (Å²) in [4.78, 5) is 26.0. The molecule has 3 aromatic rings. The second kappa shape index (κ2) is 9.49. The number of fused-ring (bicyclic) bond motifs is 1. The molecule has 2 saturated heterocycles. The van der Waals surface area contributed by atoms with Crippen molar-refractivity contribution in [2.75, 3.05) is 67.6 Å². The van der Waals surface area contributed by atoms with Gasteiger partial charge in [0.2, 0.25) is 0 Å². The van der Waals surface area contributed by atoms with E-state index in [0.29, 0.717) is 62.3 Å². The zero-order valence-corrected chi connectivity index (χ0v) is 19.3. The van der Waals surface area contributed by atoms with Gasteiger partial charge in [0.1, 0.15) is 29.1 Å². The highest BCUT2D eigenvalue weighted by atomic mass is 19.1. The molecule has 2 aliphatic rings. The number of rotatable bonds is 4. The topological polar surface area (TPSA) is 94.1 Å². The third-order valence-corrected chi connectivity index (χ3v) is 6.39. The Bertz CT molecular complexity index is 1260. The molecule has 5 rings (SSSR count). The molecule has 2 N–H and O–H groups in total. The molecule has 0 unspecified atom stereocenters.